The molecule has 0 heterocycles. The summed E-state index contributed by atoms with van der Waals surface area (Å²) < 4.78 is 0. The number of nitrogens with two attached hydrogens (primary N) is 1. The predicted molar refractivity (Wildman–Crippen MR) is 59.0 cm³/mol. The molecule has 0 aromatic heterocycles. The standard InChI is InChI=1S/C12H17NO2/c1-2-10-6-3-4-7-11(10)8-5-9-12(14)15-13/h3-4,6-7H,2,5,8-9,13H2,1H3. The SMILES string of the molecule is CCc1ccccc1CCCC(=O)ON. The summed E-state index contributed by atoms with van der Waals surface area (Å²) in [5.41, 5.74) is 2.66. The Labute approximate surface area is 90.2 Å². The van der Waals surface area contributed by atoms with E-state index >= 15 is 0 Å². The van der Waals surface area contributed by atoms with Gasteiger partial charge in [-0.3, -0.25) is 4.79 Å². The highest BCUT2D eigenvalue weighted by Gasteiger charge is 2.03. The quantitative estimate of drug-likeness (QED) is 0.751. The van der Waals surface area contributed by atoms with E-state index < -0.39 is 0 Å². The normalized spacial score (nSPS) is 10.0. The Morgan fingerprint density at radius 1 is 1.33 bits per heavy atom. The lowest BCUT2D eigenvalue weighted by Gasteiger charge is -2.06. The Hall–Kier alpha value is -1.35. The van der Waals surface area contributed by atoms with Gasteiger partial charge in [0.2, 0.25) is 0 Å². The summed E-state index contributed by atoms with van der Waals surface area (Å²) in [5, 5.41) is 0. The molecule has 0 spiro atoms. The maximum atomic E-state index is 10.8. The Morgan fingerprint density at radius 2 is 2.00 bits per heavy atom. The van der Waals surface area contributed by atoms with Crippen molar-refractivity contribution in [1.82, 2.24) is 0 Å². The van der Waals surface area contributed by atoms with E-state index in [2.05, 4.69) is 23.9 Å². The Balaban J connectivity index is 2.46. The fourth-order valence-corrected chi connectivity index (χ4v) is 1.63. The van der Waals surface area contributed by atoms with Crippen LogP contribution in [0.3, 0.4) is 0 Å². The van der Waals surface area contributed by atoms with Crippen LogP contribution in [0.5, 0.6) is 0 Å². The van der Waals surface area contributed by atoms with Crippen LogP contribution in [0.15, 0.2) is 24.3 Å². The fourth-order valence-electron chi connectivity index (χ4n) is 1.63. The minimum absolute atomic E-state index is 0.344. The first-order valence-corrected chi connectivity index (χ1v) is 5.24. The molecule has 0 aliphatic heterocycles. The van der Waals surface area contributed by atoms with Crippen molar-refractivity contribution in [2.45, 2.75) is 32.6 Å². The Bertz CT molecular complexity index is 323. The van der Waals surface area contributed by atoms with Gasteiger partial charge in [0, 0.05) is 6.42 Å². The summed E-state index contributed by atoms with van der Waals surface area (Å²) in [4.78, 5) is 14.9. The topological polar surface area (TPSA) is 52.3 Å². The second-order valence-corrected chi connectivity index (χ2v) is 3.47. The highest BCUT2D eigenvalue weighted by atomic mass is 16.7. The molecule has 82 valence electrons. The maximum Gasteiger partial charge on any atom is 0.324 e. The first kappa shape index (κ1) is 11.7. The molecule has 3 heteroatoms. The number of benzene rings is 1. The van der Waals surface area contributed by atoms with Crippen LogP contribution in [-0.2, 0) is 22.5 Å². The Kier molecular flexibility index (Phi) is 4.84. The first-order chi connectivity index (χ1) is 7.27. The highest BCUT2D eigenvalue weighted by Crippen LogP contribution is 2.12. The zero-order valence-electron chi connectivity index (χ0n) is 9.03. The van der Waals surface area contributed by atoms with E-state index in [0.717, 1.165) is 19.3 Å². The van der Waals surface area contributed by atoms with E-state index in [1.54, 1.807) is 0 Å². The maximum absolute atomic E-state index is 10.8. The summed E-state index contributed by atoms with van der Waals surface area (Å²) in [7, 11) is 0. The van der Waals surface area contributed by atoms with Gasteiger partial charge < -0.3 is 4.84 Å². The van der Waals surface area contributed by atoms with Gasteiger partial charge in [0.05, 0.1) is 0 Å². The predicted octanol–water partition coefficient (Wildman–Crippen LogP) is 1.99. The molecule has 0 saturated heterocycles. The lowest BCUT2D eigenvalue weighted by molar-refractivity contribution is -0.144. The molecule has 15 heavy (non-hydrogen) atoms. The number of carbonyl (C=O) groups is 1. The van der Waals surface area contributed by atoms with Gasteiger partial charge in [0.15, 0.2) is 0 Å². The molecule has 0 unspecified atom stereocenters. The lowest BCUT2D eigenvalue weighted by Crippen LogP contribution is -2.09. The van der Waals surface area contributed by atoms with Crippen molar-refractivity contribution >= 4 is 5.97 Å². The van der Waals surface area contributed by atoms with Crippen molar-refractivity contribution in [2.24, 2.45) is 5.90 Å². The molecule has 0 aliphatic rings. The zero-order chi connectivity index (χ0) is 11.1. The van der Waals surface area contributed by atoms with Crippen molar-refractivity contribution in [3.05, 3.63) is 35.4 Å². The average Bonchev–Trinajstić information content (AvgIpc) is 2.29. The second-order valence-electron chi connectivity index (χ2n) is 3.47. The summed E-state index contributed by atoms with van der Waals surface area (Å²) in [6, 6.07) is 8.29. The van der Waals surface area contributed by atoms with E-state index in [1.165, 1.54) is 11.1 Å². The number of aryl methyl sites for hydroxylation is 2. The molecule has 0 radical (unpaired) electrons. The van der Waals surface area contributed by atoms with Crippen LogP contribution in [0.1, 0.15) is 30.9 Å². The van der Waals surface area contributed by atoms with Crippen molar-refractivity contribution in [2.75, 3.05) is 0 Å². The van der Waals surface area contributed by atoms with Crippen LogP contribution in [-0.4, -0.2) is 5.97 Å². The Morgan fingerprint density at radius 3 is 2.60 bits per heavy atom. The van der Waals surface area contributed by atoms with Crippen molar-refractivity contribution in [3.63, 3.8) is 0 Å². The highest BCUT2D eigenvalue weighted by molar-refractivity contribution is 5.68. The third kappa shape index (κ3) is 3.72. The van der Waals surface area contributed by atoms with Crippen molar-refractivity contribution in [3.8, 4) is 0 Å². The molecule has 3 nitrogen and oxygen atoms in total. The third-order valence-corrected chi connectivity index (χ3v) is 2.46. The molecular formula is C12H17NO2. The first-order valence-electron chi connectivity index (χ1n) is 5.24. The van der Waals surface area contributed by atoms with Gasteiger partial charge in [-0.2, -0.15) is 5.90 Å². The molecule has 0 fully saturated rings. The van der Waals surface area contributed by atoms with Gasteiger partial charge in [0.25, 0.3) is 0 Å². The molecule has 1 rings (SSSR count). The van der Waals surface area contributed by atoms with Crippen molar-refractivity contribution < 1.29 is 9.63 Å². The zero-order valence-corrected chi connectivity index (χ0v) is 9.03. The van der Waals surface area contributed by atoms with Crippen LogP contribution in [0.4, 0.5) is 0 Å². The summed E-state index contributed by atoms with van der Waals surface area (Å²) >= 11 is 0. The van der Waals surface area contributed by atoms with Crippen LogP contribution < -0.4 is 5.90 Å². The molecule has 0 saturated carbocycles. The van der Waals surface area contributed by atoms with E-state index in [9.17, 15) is 4.79 Å². The van der Waals surface area contributed by atoms with E-state index in [-0.39, 0.29) is 5.97 Å². The second kappa shape index (κ2) is 6.19. The van der Waals surface area contributed by atoms with Crippen LogP contribution in [0.2, 0.25) is 0 Å². The molecule has 1 aromatic carbocycles. The molecule has 0 atom stereocenters. The largest absolute Gasteiger partial charge is 0.373 e. The van der Waals surface area contributed by atoms with Gasteiger partial charge in [-0.1, -0.05) is 31.2 Å². The van der Waals surface area contributed by atoms with Crippen LogP contribution >= 0.6 is 0 Å². The minimum Gasteiger partial charge on any atom is -0.373 e. The molecule has 0 amide bonds. The third-order valence-electron chi connectivity index (χ3n) is 2.46. The summed E-state index contributed by atoms with van der Waals surface area (Å²) in [6.07, 6.45) is 3.10. The smallest absolute Gasteiger partial charge is 0.324 e. The molecule has 2 N–H and O–H groups in total. The van der Waals surface area contributed by atoms with Gasteiger partial charge in [-0.05, 0) is 30.4 Å². The van der Waals surface area contributed by atoms with Crippen molar-refractivity contribution in [1.29, 1.82) is 0 Å². The number of carbonyl (C=O) groups excluding carboxylic acids is 1. The monoisotopic (exact) mass is 207 g/mol. The fraction of sp³-hybridized carbons (Fsp3) is 0.417. The van der Waals surface area contributed by atoms with E-state index in [1.807, 2.05) is 12.1 Å². The molecular weight excluding hydrogens is 190 g/mol. The van der Waals surface area contributed by atoms with Gasteiger partial charge in [0.1, 0.15) is 0 Å². The number of hydrogen-bond donors (Lipinski definition) is 1. The van der Waals surface area contributed by atoms with Gasteiger partial charge >= 0.3 is 5.97 Å². The van der Waals surface area contributed by atoms with Gasteiger partial charge in [-0.15, -0.1) is 0 Å². The average molecular weight is 207 g/mol. The van der Waals surface area contributed by atoms with E-state index in [0.29, 0.717) is 6.42 Å². The van der Waals surface area contributed by atoms with Gasteiger partial charge in [-0.25, -0.2) is 0 Å². The van der Waals surface area contributed by atoms with E-state index in [4.69, 9.17) is 5.90 Å². The molecule has 1 aromatic rings. The number of rotatable bonds is 5. The number of hydrogen-bond acceptors (Lipinski definition) is 3. The minimum atomic E-state index is -0.344. The molecule has 0 aliphatic carbocycles. The van der Waals surface area contributed by atoms with Crippen LogP contribution in [0, 0.1) is 0 Å². The van der Waals surface area contributed by atoms with Crippen LogP contribution in [0.25, 0.3) is 0 Å². The molecule has 0 bridgehead atoms. The summed E-state index contributed by atoms with van der Waals surface area (Å²) in [5.74, 6) is 4.41. The lowest BCUT2D eigenvalue weighted by atomic mass is 10.0. The summed E-state index contributed by atoms with van der Waals surface area (Å²) in [6.45, 7) is 2.13.